The van der Waals surface area contributed by atoms with Crippen molar-refractivity contribution >= 4 is 17.5 Å². The van der Waals surface area contributed by atoms with Crippen LogP contribution in [0.1, 0.15) is 55.8 Å². The maximum Gasteiger partial charge on any atom is 0.257 e. The van der Waals surface area contributed by atoms with E-state index >= 15 is 0 Å². The van der Waals surface area contributed by atoms with Gasteiger partial charge < -0.3 is 15.2 Å². The number of amides is 1. The number of carbonyl (C=O) groups is 1. The first-order valence-electron chi connectivity index (χ1n) is 9.30. The zero-order chi connectivity index (χ0) is 17.6. The Morgan fingerprint density at radius 1 is 1.36 bits per heavy atom. The minimum Gasteiger partial charge on any atom is -0.477 e. The standard InChI is InChI=1S/C19H25ClN2O3/c1-2-5-25-18-14(3-4-15(20)21-18)17(23)22-16-12-6-11-7-13(16)10-19(24,8-11)9-12/h3-4,11-13,16,24H,2,5-10H2,1H3,(H,22,23)/t11?,12?,13?,16-,19-. The molecule has 4 fully saturated rings. The number of hydrogen-bond acceptors (Lipinski definition) is 4. The van der Waals surface area contributed by atoms with Crippen LogP contribution in [0.4, 0.5) is 0 Å². The van der Waals surface area contributed by atoms with E-state index in [1.165, 1.54) is 0 Å². The zero-order valence-electron chi connectivity index (χ0n) is 14.5. The van der Waals surface area contributed by atoms with Gasteiger partial charge in [0.25, 0.3) is 5.91 Å². The fourth-order valence-corrected chi connectivity index (χ4v) is 5.49. The quantitative estimate of drug-likeness (QED) is 0.787. The van der Waals surface area contributed by atoms with Gasteiger partial charge in [0.05, 0.1) is 12.2 Å². The summed E-state index contributed by atoms with van der Waals surface area (Å²) < 4.78 is 5.62. The average Bonchev–Trinajstić information content (AvgIpc) is 2.54. The second-order valence-electron chi connectivity index (χ2n) is 8.03. The molecule has 4 aliphatic rings. The number of ether oxygens (including phenoxy) is 1. The number of halogens is 1. The van der Waals surface area contributed by atoms with Gasteiger partial charge in [-0.05, 0) is 68.4 Å². The lowest BCUT2D eigenvalue weighted by Gasteiger charge is -2.58. The van der Waals surface area contributed by atoms with Crippen LogP contribution < -0.4 is 10.1 Å². The van der Waals surface area contributed by atoms with Crippen LogP contribution in [0.2, 0.25) is 5.15 Å². The highest BCUT2D eigenvalue weighted by Gasteiger charge is 2.55. The van der Waals surface area contributed by atoms with Gasteiger partial charge in [0.1, 0.15) is 10.7 Å². The first-order valence-corrected chi connectivity index (χ1v) is 9.68. The molecule has 0 aromatic carbocycles. The van der Waals surface area contributed by atoms with E-state index in [1.54, 1.807) is 12.1 Å². The summed E-state index contributed by atoms with van der Waals surface area (Å²) in [6, 6.07) is 3.44. The second-order valence-corrected chi connectivity index (χ2v) is 8.42. The third-order valence-electron chi connectivity index (χ3n) is 6.05. The maximum absolute atomic E-state index is 12.9. The fourth-order valence-electron chi connectivity index (χ4n) is 5.35. The molecule has 0 saturated heterocycles. The number of nitrogens with zero attached hydrogens (tertiary/aromatic N) is 1. The predicted molar refractivity (Wildman–Crippen MR) is 94.8 cm³/mol. The van der Waals surface area contributed by atoms with Crippen LogP contribution in [0.25, 0.3) is 0 Å². The minimum absolute atomic E-state index is 0.138. The molecule has 5 rings (SSSR count). The van der Waals surface area contributed by atoms with E-state index in [0.29, 0.717) is 41.0 Å². The Morgan fingerprint density at radius 3 is 2.72 bits per heavy atom. The average molecular weight is 365 g/mol. The highest BCUT2D eigenvalue weighted by Crippen LogP contribution is 2.55. The van der Waals surface area contributed by atoms with E-state index < -0.39 is 5.60 Å². The van der Waals surface area contributed by atoms with Crippen molar-refractivity contribution in [1.82, 2.24) is 10.3 Å². The van der Waals surface area contributed by atoms with Crippen LogP contribution in [-0.4, -0.2) is 34.2 Å². The molecule has 2 N–H and O–H groups in total. The number of rotatable bonds is 5. The predicted octanol–water partition coefficient (Wildman–Crippen LogP) is 3.19. The Bertz CT molecular complexity index is 665. The van der Waals surface area contributed by atoms with Crippen LogP contribution in [0, 0.1) is 17.8 Å². The van der Waals surface area contributed by atoms with Gasteiger partial charge in [-0.2, -0.15) is 0 Å². The monoisotopic (exact) mass is 364 g/mol. The highest BCUT2D eigenvalue weighted by molar-refractivity contribution is 6.29. The summed E-state index contributed by atoms with van der Waals surface area (Å²) in [5.74, 6) is 1.52. The fraction of sp³-hybridized carbons (Fsp3) is 0.684. The molecule has 2 atom stereocenters. The van der Waals surface area contributed by atoms with E-state index in [4.69, 9.17) is 16.3 Å². The largest absolute Gasteiger partial charge is 0.477 e. The van der Waals surface area contributed by atoms with Gasteiger partial charge in [0, 0.05) is 6.04 Å². The third-order valence-corrected chi connectivity index (χ3v) is 6.26. The molecule has 1 heterocycles. The number of hydrogen-bond donors (Lipinski definition) is 2. The van der Waals surface area contributed by atoms with Crippen molar-refractivity contribution < 1.29 is 14.6 Å². The molecule has 4 bridgehead atoms. The van der Waals surface area contributed by atoms with Crippen molar-refractivity contribution in [1.29, 1.82) is 0 Å². The summed E-state index contributed by atoms with van der Waals surface area (Å²) in [6.07, 6.45) is 5.62. The molecule has 5 nitrogen and oxygen atoms in total. The number of aromatic nitrogens is 1. The molecule has 4 aliphatic carbocycles. The highest BCUT2D eigenvalue weighted by atomic mass is 35.5. The molecule has 1 amide bonds. The van der Waals surface area contributed by atoms with E-state index in [2.05, 4.69) is 10.3 Å². The first kappa shape index (κ1) is 17.1. The van der Waals surface area contributed by atoms with E-state index in [0.717, 1.165) is 38.5 Å². The Morgan fingerprint density at radius 2 is 2.08 bits per heavy atom. The molecule has 4 saturated carbocycles. The van der Waals surface area contributed by atoms with E-state index in [9.17, 15) is 9.90 Å². The first-order chi connectivity index (χ1) is 12.0. The van der Waals surface area contributed by atoms with Crippen LogP contribution in [0.5, 0.6) is 5.88 Å². The normalized spacial score (nSPS) is 35.6. The van der Waals surface area contributed by atoms with Crippen molar-refractivity contribution in [3.05, 3.63) is 22.8 Å². The summed E-state index contributed by atoms with van der Waals surface area (Å²) in [5.41, 5.74) is -0.0556. The lowest BCUT2D eigenvalue weighted by molar-refractivity contribution is -0.136. The van der Waals surface area contributed by atoms with Gasteiger partial charge in [0.2, 0.25) is 5.88 Å². The maximum atomic E-state index is 12.9. The van der Waals surface area contributed by atoms with Gasteiger partial charge in [-0.25, -0.2) is 4.98 Å². The van der Waals surface area contributed by atoms with Gasteiger partial charge in [-0.3, -0.25) is 4.79 Å². The lowest BCUT2D eigenvalue weighted by Crippen LogP contribution is -2.61. The Labute approximate surface area is 153 Å². The summed E-state index contributed by atoms with van der Waals surface area (Å²) in [5, 5.41) is 14.2. The SMILES string of the molecule is CCCOc1nc(Cl)ccc1C(=O)N[C@H]1C2CC3CC1C[C@](O)(C3)C2. The Balaban J connectivity index is 1.51. The number of nitrogens with one attached hydrogen (secondary N) is 1. The molecule has 0 spiro atoms. The minimum atomic E-state index is -0.491. The van der Waals surface area contributed by atoms with Gasteiger partial charge in [-0.1, -0.05) is 18.5 Å². The number of carbonyl (C=O) groups excluding carboxylic acids is 1. The Hall–Kier alpha value is -1.33. The molecule has 1 aromatic heterocycles. The summed E-state index contributed by atoms with van der Waals surface area (Å²) in [4.78, 5) is 17.0. The molecule has 136 valence electrons. The van der Waals surface area contributed by atoms with E-state index in [-0.39, 0.29) is 11.9 Å². The van der Waals surface area contributed by atoms with Crippen molar-refractivity contribution in [3.8, 4) is 5.88 Å². The zero-order valence-corrected chi connectivity index (χ0v) is 15.3. The second kappa shape index (κ2) is 6.44. The van der Waals surface area contributed by atoms with Gasteiger partial charge in [-0.15, -0.1) is 0 Å². The molecule has 1 aromatic rings. The number of pyridine rings is 1. The van der Waals surface area contributed by atoms with Gasteiger partial charge in [0.15, 0.2) is 0 Å². The Kier molecular flexibility index (Phi) is 4.40. The smallest absolute Gasteiger partial charge is 0.257 e. The van der Waals surface area contributed by atoms with Crippen LogP contribution in [0.3, 0.4) is 0 Å². The van der Waals surface area contributed by atoms with E-state index in [1.807, 2.05) is 6.92 Å². The molecular weight excluding hydrogens is 340 g/mol. The van der Waals surface area contributed by atoms with Crippen molar-refractivity contribution in [2.45, 2.75) is 57.1 Å². The molecule has 2 unspecified atom stereocenters. The van der Waals surface area contributed by atoms with Crippen molar-refractivity contribution in [2.24, 2.45) is 17.8 Å². The van der Waals surface area contributed by atoms with Crippen molar-refractivity contribution in [3.63, 3.8) is 0 Å². The topological polar surface area (TPSA) is 71.5 Å². The molecule has 25 heavy (non-hydrogen) atoms. The molecule has 0 radical (unpaired) electrons. The molecular formula is C19H25ClN2O3. The summed E-state index contributed by atoms with van der Waals surface area (Å²) >= 11 is 5.96. The molecule has 6 heteroatoms. The lowest BCUT2D eigenvalue weighted by atomic mass is 9.52. The third kappa shape index (κ3) is 3.24. The van der Waals surface area contributed by atoms with Crippen LogP contribution in [-0.2, 0) is 0 Å². The number of aliphatic hydroxyl groups is 1. The van der Waals surface area contributed by atoms with Crippen LogP contribution in [0.15, 0.2) is 12.1 Å². The van der Waals surface area contributed by atoms with Gasteiger partial charge >= 0.3 is 0 Å². The van der Waals surface area contributed by atoms with Crippen LogP contribution >= 0.6 is 11.6 Å². The summed E-state index contributed by atoms with van der Waals surface area (Å²) in [7, 11) is 0. The molecule has 0 aliphatic heterocycles. The van der Waals surface area contributed by atoms with Crippen molar-refractivity contribution in [2.75, 3.05) is 6.61 Å². The summed E-state index contributed by atoms with van der Waals surface area (Å²) in [6.45, 7) is 2.50.